The summed E-state index contributed by atoms with van der Waals surface area (Å²) in [5.74, 6) is 1.47. The van der Waals surface area contributed by atoms with E-state index in [2.05, 4.69) is 20.0 Å². The van der Waals surface area contributed by atoms with Gasteiger partial charge in [0.25, 0.3) is 5.91 Å². The second-order valence-electron chi connectivity index (χ2n) is 5.27. The van der Waals surface area contributed by atoms with Gasteiger partial charge in [-0.1, -0.05) is 12.1 Å². The lowest BCUT2D eigenvalue weighted by Gasteiger charge is -2.33. The van der Waals surface area contributed by atoms with Crippen LogP contribution >= 0.6 is 11.3 Å². The largest absolute Gasteiger partial charge is 0.339 e. The first-order chi connectivity index (χ1) is 10.7. The third-order valence-corrected chi connectivity index (χ3v) is 4.57. The van der Waals surface area contributed by atoms with E-state index < -0.39 is 0 Å². The van der Waals surface area contributed by atoms with Crippen molar-refractivity contribution >= 4 is 17.2 Å². The zero-order chi connectivity index (χ0) is 15.5. The van der Waals surface area contributed by atoms with Gasteiger partial charge in [-0.15, -0.1) is 11.3 Å². The molecule has 1 aliphatic rings. The Hall–Kier alpha value is -1.80. The standard InChI is InChI=1S/C14H19N5O2S/c1-3-13-16-12(17-21-13)9-18-4-6-19(7-5-18)14(20)11-8-15-10(2)22-11/h8H,3-7,9H2,1-2H3. The molecular weight excluding hydrogens is 302 g/mol. The summed E-state index contributed by atoms with van der Waals surface area (Å²) in [4.78, 5) is 25.7. The van der Waals surface area contributed by atoms with Crippen LogP contribution in [0.15, 0.2) is 10.7 Å². The molecule has 1 fully saturated rings. The van der Waals surface area contributed by atoms with Crippen molar-refractivity contribution in [1.29, 1.82) is 0 Å². The maximum atomic E-state index is 12.4. The second-order valence-corrected chi connectivity index (χ2v) is 6.50. The van der Waals surface area contributed by atoms with E-state index in [1.165, 1.54) is 11.3 Å². The van der Waals surface area contributed by atoms with Gasteiger partial charge >= 0.3 is 0 Å². The van der Waals surface area contributed by atoms with E-state index in [-0.39, 0.29) is 5.91 Å². The van der Waals surface area contributed by atoms with Gasteiger partial charge in [0.2, 0.25) is 5.89 Å². The fraction of sp³-hybridized carbons (Fsp3) is 0.571. The minimum absolute atomic E-state index is 0.0816. The van der Waals surface area contributed by atoms with Crippen LogP contribution in [0, 0.1) is 6.92 Å². The third-order valence-electron chi connectivity index (χ3n) is 3.67. The lowest BCUT2D eigenvalue weighted by Crippen LogP contribution is -2.48. The molecule has 22 heavy (non-hydrogen) atoms. The molecule has 7 nitrogen and oxygen atoms in total. The number of thiazole rings is 1. The summed E-state index contributed by atoms with van der Waals surface area (Å²) >= 11 is 1.45. The van der Waals surface area contributed by atoms with E-state index in [0.717, 1.165) is 35.2 Å². The monoisotopic (exact) mass is 321 g/mol. The van der Waals surface area contributed by atoms with E-state index in [0.29, 0.717) is 25.5 Å². The molecule has 1 saturated heterocycles. The minimum atomic E-state index is 0.0816. The number of piperazine rings is 1. The van der Waals surface area contributed by atoms with E-state index in [1.807, 2.05) is 18.7 Å². The van der Waals surface area contributed by atoms with Gasteiger partial charge in [-0.05, 0) is 6.92 Å². The first-order valence-electron chi connectivity index (χ1n) is 7.41. The van der Waals surface area contributed by atoms with Gasteiger partial charge < -0.3 is 9.42 Å². The van der Waals surface area contributed by atoms with Crippen LogP contribution in [0.1, 0.15) is 33.3 Å². The highest BCUT2D eigenvalue weighted by molar-refractivity contribution is 7.13. The van der Waals surface area contributed by atoms with Gasteiger partial charge in [-0.2, -0.15) is 4.98 Å². The molecule has 8 heteroatoms. The van der Waals surface area contributed by atoms with Crippen LogP contribution in [-0.4, -0.2) is 57.0 Å². The summed E-state index contributed by atoms with van der Waals surface area (Å²) < 4.78 is 5.12. The molecule has 1 amide bonds. The fourth-order valence-electron chi connectivity index (χ4n) is 2.42. The topological polar surface area (TPSA) is 75.4 Å². The fourth-order valence-corrected chi connectivity index (χ4v) is 3.17. The first kappa shape index (κ1) is 15.1. The Kier molecular flexibility index (Phi) is 4.49. The van der Waals surface area contributed by atoms with Crippen molar-refractivity contribution in [3.05, 3.63) is 27.8 Å². The summed E-state index contributed by atoms with van der Waals surface area (Å²) in [6.45, 7) is 7.64. The molecule has 1 aliphatic heterocycles. The average molecular weight is 321 g/mol. The molecule has 2 aromatic heterocycles. The third kappa shape index (κ3) is 3.33. The van der Waals surface area contributed by atoms with E-state index >= 15 is 0 Å². The summed E-state index contributed by atoms with van der Waals surface area (Å²) in [5.41, 5.74) is 0. The molecule has 0 unspecified atom stereocenters. The quantitative estimate of drug-likeness (QED) is 0.846. The molecule has 2 aromatic rings. The molecule has 3 heterocycles. The zero-order valence-corrected chi connectivity index (χ0v) is 13.6. The van der Waals surface area contributed by atoms with Crippen molar-refractivity contribution in [1.82, 2.24) is 24.9 Å². The number of amides is 1. The Morgan fingerprint density at radius 2 is 2.14 bits per heavy atom. The number of nitrogens with zero attached hydrogens (tertiary/aromatic N) is 5. The summed E-state index contributed by atoms with van der Waals surface area (Å²) in [7, 11) is 0. The van der Waals surface area contributed by atoms with Crippen LogP contribution in [0.5, 0.6) is 0 Å². The maximum absolute atomic E-state index is 12.4. The lowest BCUT2D eigenvalue weighted by atomic mass is 10.3. The molecule has 0 N–H and O–H groups in total. The predicted octanol–water partition coefficient (Wildman–Crippen LogP) is 1.35. The van der Waals surface area contributed by atoms with Gasteiger partial charge in [0, 0.05) is 32.6 Å². The van der Waals surface area contributed by atoms with Crippen LogP contribution in [0.3, 0.4) is 0 Å². The maximum Gasteiger partial charge on any atom is 0.265 e. The number of aromatic nitrogens is 3. The number of aryl methyl sites for hydroxylation is 2. The van der Waals surface area contributed by atoms with Crippen LogP contribution < -0.4 is 0 Å². The van der Waals surface area contributed by atoms with Gasteiger partial charge in [0.05, 0.1) is 17.7 Å². The Morgan fingerprint density at radius 1 is 1.36 bits per heavy atom. The zero-order valence-electron chi connectivity index (χ0n) is 12.8. The molecule has 118 valence electrons. The Bertz CT molecular complexity index is 645. The van der Waals surface area contributed by atoms with Gasteiger partial charge in [-0.25, -0.2) is 4.98 Å². The van der Waals surface area contributed by atoms with Crippen LogP contribution in [0.2, 0.25) is 0 Å². The van der Waals surface area contributed by atoms with Crippen molar-refractivity contribution in [2.45, 2.75) is 26.8 Å². The van der Waals surface area contributed by atoms with Crippen molar-refractivity contribution in [2.75, 3.05) is 26.2 Å². The lowest BCUT2D eigenvalue weighted by molar-refractivity contribution is 0.0629. The molecule has 0 bridgehead atoms. The Balaban J connectivity index is 1.52. The van der Waals surface area contributed by atoms with Gasteiger partial charge in [0.1, 0.15) is 4.88 Å². The number of rotatable bonds is 4. The highest BCUT2D eigenvalue weighted by Crippen LogP contribution is 2.16. The van der Waals surface area contributed by atoms with E-state index in [4.69, 9.17) is 4.52 Å². The number of hydrogen-bond acceptors (Lipinski definition) is 7. The van der Waals surface area contributed by atoms with Gasteiger partial charge in [-0.3, -0.25) is 9.69 Å². The van der Waals surface area contributed by atoms with Crippen LogP contribution in [-0.2, 0) is 13.0 Å². The van der Waals surface area contributed by atoms with Crippen molar-refractivity contribution in [3.63, 3.8) is 0 Å². The molecule has 0 aliphatic carbocycles. The Morgan fingerprint density at radius 3 is 2.73 bits per heavy atom. The summed E-state index contributed by atoms with van der Waals surface area (Å²) in [5, 5.41) is 4.89. The normalized spacial score (nSPS) is 16.2. The molecule has 0 spiro atoms. The molecule has 0 radical (unpaired) electrons. The van der Waals surface area contributed by atoms with Crippen LogP contribution in [0.25, 0.3) is 0 Å². The van der Waals surface area contributed by atoms with Crippen molar-refractivity contribution in [2.24, 2.45) is 0 Å². The number of carbonyl (C=O) groups is 1. The first-order valence-corrected chi connectivity index (χ1v) is 8.23. The summed E-state index contributed by atoms with van der Waals surface area (Å²) in [6, 6.07) is 0. The highest BCUT2D eigenvalue weighted by Gasteiger charge is 2.24. The van der Waals surface area contributed by atoms with Crippen molar-refractivity contribution < 1.29 is 9.32 Å². The van der Waals surface area contributed by atoms with E-state index in [1.54, 1.807) is 6.20 Å². The Labute approximate surface area is 132 Å². The SMILES string of the molecule is CCc1nc(CN2CCN(C(=O)c3cnc(C)s3)CC2)no1. The smallest absolute Gasteiger partial charge is 0.265 e. The number of hydrogen-bond donors (Lipinski definition) is 0. The van der Waals surface area contributed by atoms with Gasteiger partial charge in [0.15, 0.2) is 5.82 Å². The van der Waals surface area contributed by atoms with Crippen molar-refractivity contribution in [3.8, 4) is 0 Å². The molecule has 0 aromatic carbocycles. The molecule has 0 atom stereocenters. The van der Waals surface area contributed by atoms with Crippen LogP contribution in [0.4, 0.5) is 0 Å². The number of carbonyl (C=O) groups excluding carboxylic acids is 1. The molecule has 3 rings (SSSR count). The average Bonchev–Trinajstić information content (AvgIpc) is 3.16. The second kappa shape index (κ2) is 6.53. The molecule has 0 saturated carbocycles. The summed E-state index contributed by atoms with van der Waals surface area (Å²) in [6.07, 6.45) is 2.42. The molecular formula is C14H19N5O2S. The minimum Gasteiger partial charge on any atom is -0.339 e. The predicted molar refractivity (Wildman–Crippen MR) is 81.7 cm³/mol. The van der Waals surface area contributed by atoms with E-state index in [9.17, 15) is 4.79 Å². The highest BCUT2D eigenvalue weighted by atomic mass is 32.1.